The van der Waals surface area contributed by atoms with Crippen LogP contribution in [0.4, 0.5) is 5.69 Å². The third-order valence-corrected chi connectivity index (χ3v) is 5.54. The normalized spacial score (nSPS) is 12.9. The molecule has 3 rings (SSSR count). The van der Waals surface area contributed by atoms with Crippen LogP contribution in [0.5, 0.6) is 11.5 Å². The van der Waals surface area contributed by atoms with Crippen LogP contribution in [0.15, 0.2) is 23.6 Å². The molecule has 1 amide bonds. The Hall–Kier alpha value is -2.74. The first kappa shape index (κ1) is 19.0. The van der Waals surface area contributed by atoms with E-state index in [1.54, 1.807) is 17.4 Å². The highest BCUT2D eigenvalue weighted by atomic mass is 32.1. The molecule has 2 aromatic rings. The summed E-state index contributed by atoms with van der Waals surface area (Å²) >= 11 is 1.73. The Morgan fingerprint density at radius 3 is 2.63 bits per heavy atom. The fourth-order valence-electron chi connectivity index (χ4n) is 3.05. The molecule has 0 saturated heterocycles. The first-order valence-electron chi connectivity index (χ1n) is 8.48. The van der Waals surface area contributed by atoms with E-state index in [0.29, 0.717) is 30.3 Å². The second-order valence-electron chi connectivity index (χ2n) is 6.03. The van der Waals surface area contributed by atoms with Crippen LogP contribution in [-0.2, 0) is 22.5 Å². The van der Waals surface area contributed by atoms with Crippen molar-refractivity contribution in [2.75, 3.05) is 39.7 Å². The highest BCUT2D eigenvalue weighted by Gasteiger charge is 2.23. The third kappa shape index (κ3) is 4.00. The molecule has 0 fully saturated rings. The van der Waals surface area contributed by atoms with Crippen LogP contribution < -0.4 is 14.8 Å². The lowest BCUT2D eigenvalue weighted by atomic mass is 10.1. The standard InChI is InChI=1S/C19H22N2O5S/c1-24-15-8-13(19(23)26-3)14(9-16(15)25-2)20-10-18(22)21-6-4-17-12(11-21)5-7-27-17/h5,7-9,20H,4,6,10-11H2,1-3H3. The number of rotatable bonds is 6. The molecule has 0 saturated carbocycles. The highest BCUT2D eigenvalue weighted by molar-refractivity contribution is 7.10. The number of carbonyl (C=O) groups is 2. The van der Waals surface area contributed by atoms with Gasteiger partial charge in [-0.3, -0.25) is 4.79 Å². The molecule has 27 heavy (non-hydrogen) atoms. The van der Waals surface area contributed by atoms with Gasteiger partial charge in [0.2, 0.25) is 5.91 Å². The van der Waals surface area contributed by atoms with Crippen molar-refractivity contribution in [3.05, 3.63) is 39.6 Å². The predicted octanol–water partition coefficient (Wildman–Crippen LogP) is 2.55. The summed E-state index contributed by atoms with van der Waals surface area (Å²) in [5, 5.41) is 5.10. The molecule has 1 aliphatic heterocycles. The van der Waals surface area contributed by atoms with E-state index in [1.807, 2.05) is 4.90 Å². The van der Waals surface area contributed by atoms with E-state index in [4.69, 9.17) is 14.2 Å². The molecule has 1 aromatic carbocycles. The van der Waals surface area contributed by atoms with Gasteiger partial charge in [-0.2, -0.15) is 0 Å². The average molecular weight is 390 g/mol. The SMILES string of the molecule is COC(=O)c1cc(OC)c(OC)cc1NCC(=O)N1CCc2sccc2C1. The van der Waals surface area contributed by atoms with Crippen molar-refractivity contribution in [3.63, 3.8) is 0 Å². The monoisotopic (exact) mass is 390 g/mol. The van der Waals surface area contributed by atoms with E-state index < -0.39 is 5.97 Å². The number of nitrogens with zero attached hydrogens (tertiary/aromatic N) is 1. The smallest absolute Gasteiger partial charge is 0.340 e. The number of ether oxygens (including phenoxy) is 3. The molecular weight excluding hydrogens is 368 g/mol. The van der Waals surface area contributed by atoms with Crippen LogP contribution in [0.25, 0.3) is 0 Å². The van der Waals surface area contributed by atoms with Crippen molar-refractivity contribution in [1.29, 1.82) is 0 Å². The summed E-state index contributed by atoms with van der Waals surface area (Å²) in [4.78, 5) is 27.9. The minimum absolute atomic E-state index is 0.0301. The number of hydrogen-bond acceptors (Lipinski definition) is 7. The predicted molar refractivity (Wildman–Crippen MR) is 103 cm³/mol. The molecule has 2 heterocycles. The van der Waals surface area contributed by atoms with Crippen molar-refractivity contribution in [2.24, 2.45) is 0 Å². The Morgan fingerprint density at radius 2 is 1.93 bits per heavy atom. The van der Waals surface area contributed by atoms with Crippen molar-refractivity contribution < 1.29 is 23.8 Å². The lowest BCUT2D eigenvalue weighted by Gasteiger charge is -2.27. The van der Waals surface area contributed by atoms with Gasteiger partial charge in [-0.15, -0.1) is 11.3 Å². The van der Waals surface area contributed by atoms with Crippen molar-refractivity contribution in [3.8, 4) is 11.5 Å². The van der Waals surface area contributed by atoms with Crippen LogP contribution >= 0.6 is 11.3 Å². The van der Waals surface area contributed by atoms with E-state index in [1.165, 1.54) is 37.8 Å². The zero-order valence-electron chi connectivity index (χ0n) is 15.5. The maximum atomic E-state index is 12.6. The lowest BCUT2D eigenvalue weighted by molar-refractivity contribution is -0.130. The Kier molecular flexibility index (Phi) is 5.85. The Labute approximate surface area is 161 Å². The van der Waals surface area contributed by atoms with Crippen molar-refractivity contribution in [1.82, 2.24) is 4.90 Å². The highest BCUT2D eigenvalue weighted by Crippen LogP contribution is 2.33. The quantitative estimate of drug-likeness (QED) is 0.764. The van der Waals surface area contributed by atoms with Crippen molar-refractivity contribution >= 4 is 28.9 Å². The summed E-state index contributed by atoms with van der Waals surface area (Å²) in [5.41, 5.74) is 1.95. The number of amides is 1. The number of anilines is 1. The third-order valence-electron chi connectivity index (χ3n) is 4.52. The number of esters is 1. The number of carbonyl (C=O) groups excluding carboxylic acids is 2. The average Bonchev–Trinajstić information content (AvgIpc) is 3.18. The van der Waals surface area contributed by atoms with Crippen LogP contribution in [0.2, 0.25) is 0 Å². The van der Waals surface area contributed by atoms with Gasteiger partial charge in [0.15, 0.2) is 11.5 Å². The molecule has 1 aromatic heterocycles. The lowest BCUT2D eigenvalue weighted by Crippen LogP contribution is -2.38. The molecule has 0 bridgehead atoms. The van der Waals surface area contributed by atoms with E-state index in [9.17, 15) is 9.59 Å². The Bertz CT molecular complexity index is 849. The fourth-order valence-corrected chi connectivity index (χ4v) is 3.94. The number of benzene rings is 1. The fraction of sp³-hybridized carbons (Fsp3) is 0.368. The summed E-state index contributed by atoms with van der Waals surface area (Å²) in [6.45, 7) is 1.39. The van der Waals surface area contributed by atoms with Gasteiger partial charge in [-0.1, -0.05) is 0 Å². The van der Waals surface area contributed by atoms with E-state index in [2.05, 4.69) is 16.8 Å². The minimum atomic E-state index is -0.521. The molecule has 0 radical (unpaired) electrons. The molecule has 7 nitrogen and oxygen atoms in total. The molecule has 0 aliphatic carbocycles. The largest absolute Gasteiger partial charge is 0.493 e. The van der Waals surface area contributed by atoms with Crippen LogP contribution in [-0.4, -0.2) is 51.2 Å². The molecule has 1 N–H and O–H groups in total. The van der Waals surface area contributed by atoms with Crippen molar-refractivity contribution in [2.45, 2.75) is 13.0 Å². The second-order valence-corrected chi connectivity index (χ2v) is 7.03. The van der Waals surface area contributed by atoms with Crippen LogP contribution in [0, 0.1) is 0 Å². The number of fused-ring (bicyclic) bond motifs is 1. The second kappa shape index (κ2) is 8.30. The maximum Gasteiger partial charge on any atom is 0.340 e. The number of methoxy groups -OCH3 is 3. The number of nitrogens with one attached hydrogen (secondary N) is 1. The van der Waals surface area contributed by atoms with Gasteiger partial charge in [0.25, 0.3) is 0 Å². The number of hydrogen-bond donors (Lipinski definition) is 1. The topological polar surface area (TPSA) is 77.1 Å². The van der Waals surface area contributed by atoms with Gasteiger partial charge in [0.1, 0.15) is 0 Å². The van der Waals surface area contributed by atoms with E-state index >= 15 is 0 Å². The first-order chi connectivity index (χ1) is 13.1. The van der Waals surface area contributed by atoms with E-state index in [0.717, 1.165) is 6.42 Å². The van der Waals surface area contributed by atoms with Gasteiger partial charge >= 0.3 is 5.97 Å². The zero-order chi connectivity index (χ0) is 19.4. The summed E-state index contributed by atoms with van der Waals surface area (Å²) in [5.74, 6) is 0.320. The summed E-state index contributed by atoms with van der Waals surface area (Å²) in [7, 11) is 4.31. The first-order valence-corrected chi connectivity index (χ1v) is 9.36. The van der Waals surface area contributed by atoms with Gasteiger partial charge in [-0.25, -0.2) is 4.79 Å². The zero-order valence-corrected chi connectivity index (χ0v) is 16.4. The maximum absolute atomic E-state index is 12.6. The van der Waals surface area contributed by atoms with Gasteiger partial charge < -0.3 is 24.4 Å². The molecule has 144 valence electrons. The summed E-state index contributed by atoms with van der Waals surface area (Å²) in [6, 6.07) is 5.23. The molecule has 1 aliphatic rings. The van der Waals surface area contributed by atoms with Gasteiger partial charge in [-0.05, 0) is 23.4 Å². The summed E-state index contributed by atoms with van der Waals surface area (Å²) in [6.07, 6.45) is 0.877. The molecular formula is C19H22N2O5S. The Morgan fingerprint density at radius 1 is 1.19 bits per heavy atom. The molecule has 0 spiro atoms. The van der Waals surface area contributed by atoms with Crippen LogP contribution in [0.3, 0.4) is 0 Å². The molecule has 0 atom stereocenters. The Balaban J connectivity index is 1.74. The van der Waals surface area contributed by atoms with E-state index in [-0.39, 0.29) is 18.0 Å². The van der Waals surface area contributed by atoms with Gasteiger partial charge in [0.05, 0.1) is 39.1 Å². The number of thiophene rings is 1. The molecule has 8 heteroatoms. The van der Waals surface area contributed by atoms with Gasteiger partial charge in [0, 0.05) is 30.1 Å². The summed E-state index contributed by atoms with van der Waals surface area (Å²) < 4.78 is 15.4. The minimum Gasteiger partial charge on any atom is -0.493 e. The molecule has 0 unspecified atom stereocenters. The van der Waals surface area contributed by atoms with Crippen LogP contribution in [0.1, 0.15) is 20.8 Å².